The summed E-state index contributed by atoms with van der Waals surface area (Å²) in [5.41, 5.74) is 1.27. The van der Waals surface area contributed by atoms with Gasteiger partial charge in [-0.1, -0.05) is 13.8 Å². The Hall–Kier alpha value is -1.31. The second-order valence-electron chi connectivity index (χ2n) is 2.54. The standard InChI is InChI=1S/C9H10N2.C2H6/c1-2-11-6-4-8-7-10-5-3-9(8)11;1-2/h3-7H,2H2,1H3;1-2H3. The van der Waals surface area contributed by atoms with Gasteiger partial charge in [0, 0.05) is 30.5 Å². The lowest BCUT2D eigenvalue weighted by atomic mass is 10.3. The van der Waals surface area contributed by atoms with Crippen LogP contribution in [0.25, 0.3) is 10.9 Å². The molecule has 70 valence electrons. The maximum atomic E-state index is 4.05. The van der Waals surface area contributed by atoms with Gasteiger partial charge in [0.25, 0.3) is 0 Å². The first-order valence-corrected chi connectivity index (χ1v) is 4.80. The van der Waals surface area contributed by atoms with Gasteiger partial charge in [-0.05, 0) is 19.1 Å². The lowest BCUT2D eigenvalue weighted by Crippen LogP contribution is -1.89. The number of hydrogen-bond donors (Lipinski definition) is 0. The fourth-order valence-electron chi connectivity index (χ4n) is 1.32. The van der Waals surface area contributed by atoms with Crippen molar-refractivity contribution in [3.8, 4) is 0 Å². The second kappa shape index (κ2) is 4.65. The van der Waals surface area contributed by atoms with E-state index >= 15 is 0 Å². The van der Waals surface area contributed by atoms with E-state index in [4.69, 9.17) is 0 Å². The van der Waals surface area contributed by atoms with E-state index in [1.54, 1.807) is 0 Å². The van der Waals surface area contributed by atoms with Crippen LogP contribution in [0, 0.1) is 0 Å². The average molecular weight is 176 g/mol. The zero-order valence-electron chi connectivity index (χ0n) is 8.49. The van der Waals surface area contributed by atoms with Gasteiger partial charge in [-0.15, -0.1) is 0 Å². The van der Waals surface area contributed by atoms with E-state index in [-0.39, 0.29) is 0 Å². The number of hydrogen-bond acceptors (Lipinski definition) is 1. The number of aromatic nitrogens is 2. The molecule has 0 spiro atoms. The molecule has 2 nitrogen and oxygen atoms in total. The molecule has 0 radical (unpaired) electrons. The molecule has 13 heavy (non-hydrogen) atoms. The van der Waals surface area contributed by atoms with Crippen LogP contribution in [0.3, 0.4) is 0 Å². The van der Waals surface area contributed by atoms with Crippen LogP contribution < -0.4 is 0 Å². The van der Waals surface area contributed by atoms with Gasteiger partial charge in [0.15, 0.2) is 0 Å². The van der Waals surface area contributed by atoms with E-state index in [2.05, 4.69) is 28.7 Å². The Morgan fingerprint density at radius 2 is 2.08 bits per heavy atom. The summed E-state index contributed by atoms with van der Waals surface area (Å²) >= 11 is 0. The van der Waals surface area contributed by atoms with Gasteiger partial charge in [-0.2, -0.15) is 0 Å². The Balaban J connectivity index is 0.000000396. The Bertz CT molecular complexity index is 363. The highest BCUT2D eigenvalue weighted by Crippen LogP contribution is 2.12. The smallest absolute Gasteiger partial charge is 0.0511 e. The topological polar surface area (TPSA) is 17.8 Å². The summed E-state index contributed by atoms with van der Waals surface area (Å²) < 4.78 is 2.21. The van der Waals surface area contributed by atoms with Crippen molar-refractivity contribution in [3.63, 3.8) is 0 Å². The van der Waals surface area contributed by atoms with Crippen molar-refractivity contribution in [2.45, 2.75) is 27.3 Å². The SMILES string of the molecule is CC.CCn1ccc2cnccc21. The van der Waals surface area contributed by atoms with E-state index in [9.17, 15) is 0 Å². The van der Waals surface area contributed by atoms with Gasteiger partial charge in [-0.25, -0.2) is 0 Å². The molecule has 0 atom stereocenters. The van der Waals surface area contributed by atoms with Crippen molar-refractivity contribution in [3.05, 3.63) is 30.7 Å². The van der Waals surface area contributed by atoms with Crippen molar-refractivity contribution >= 4 is 10.9 Å². The predicted octanol–water partition coefficient (Wildman–Crippen LogP) is 3.08. The number of nitrogens with zero attached hydrogens (tertiary/aromatic N) is 2. The first-order chi connectivity index (χ1) is 6.42. The van der Waals surface area contributed by atoms with Crippen LogP contribution >= 0.6 is 0 Å². The molecule has 0 aromatic carbocycles. The van der Waals surface area contributed by atoms with E-state index in [1.165, 1.54) is 10.9 Å². The zero-order valence-corrected chi connectivity index (χ0v) is 8.49. The highest BCUT2D eigenvalue weighted by molar-refractivity contribution is 5.78. The van der Waals surface area contributed by atoms with Crippen LogP contribution in [-0.4, -0.2) is 9.55 Å². The Morgan fingerprint density at radius 3 is 2.77 bits per heavy atom. The van der Waals surface area contributed by atoms with Gasteiger partial charge in [0.05, 0.1) is 5.52 Å². The van der Waals surface area contributed by atoms with Gasteiger partial charge in [0.1, 0.15) is 0 Å². The molecule has 0 amide bonds. The number of aryl methyl sites for hydroxylation is 1. The number of rotatable bonds is 1. The summed E-state index contributed by atoms with van der Waals surface area (Å²) in [6.45, 7) is 7.16. The van der Waals surface area contributed by atoms with Crippen molar-refractivity contribution in [1.29, 1.82) is 0 Å². The molecule has 2 aromatic heterocycles. The Kier molecular flexibility index (Phi) is 3.50. The number of fused-ring (bicyclic) bond motifs is 1. The monoisotopic (exact) mass is 176 g/mol. The highest BCUT2D eigenvalue weighted by atomic mass is 14.9. The molecule has 0 saturated carbocycles. The summed E-state index contributed by atoms with van der Waals surface area (Å²) in [4.78, 5) is 4.05. The highest BCUT2D eigenvalue weighted by Gasteiger charge is 1.95. The van der Waals surface area contributed by atoms with Crippen molar-refractivity contribution in [2.75, 3.05) is 0 Å². The maximum absolute atomic E-state index is 4.05. The molecule has 2 rings (SSSR count). The second-order valence-corrected chi connectivity index (χ2v) is 2.54. The minimum absolute atomic E-state index is 1.02. The molecule has 2 heterocycles. The third-order valence-corrected chi connectivity index (χ3v) is 1.91. The van der Waals surface area contributed by atoms with Crippen LogP contribution in [0.5, 0.6) is 0 Å². The predicted molar refractivity (Wildman–Crippen MR) is 56.8 cm³/mol. The number of pyridine rings is 1. The van der Waals surface area contributed by atoms with Gasteiger partial charge >= 0.3 is 0 Å². The third kappa shape index (κ3) is 1.89. The van der Waals surface area contributed by atoms with Gasteiger partial charge in [0.2, 0.25) is 0 Å². The van der Waals surface area contributed by atoms with Crippen LogP contribution in [0.1, 0.15) is 20.8 Å². The largest absolute Gasteiger partial charge is 0.348 e. The molecule has 2 aromatic rings. The van der Waals surface area contributed by atoms with E-state index in [0.717, 1.165) is 6.54 Å². The maximum Gasteiger partial charge on any atom is 0.0511 e. The normalized spacial score (nSPS) is 9.46. The Labute approximate surface area is 79.2 Å². The molecule has 0 aliphatic carbocycles. The lowest BCUT2D eigenvalue weighted by molar-refractivity contribution is 0.797. The van der Waals surface area contributed by atoms with Crippen molar-refractivity contribution < 1.29 is 0 Å². The van der Waals surface area contributed by atoms with E-state index in [1.807, 2.05) is 32.3 Å². The fourth-order valence-corrected chi connectivity index (χ4v) is 1.32. The van der Waals surface area contributed by atoms with Crippen LogP contribution in [-0.2, 0) is 6.54 Å². The molecule has 2 heteroatoms. The molecule has 0 aliphatic heterocycles. The molecule has 0 aliphatic rings. The van der Waals surface area contributed by atoms with Gasteiger partial charge < -0.3 is 4.57 Å². The van der Waals surface area contributed by atoms with Crippen LogP contribution in [0.4, 0.5) is 0 Å². The van der Waals surface area contributed by atoms with Crippen molar-refractivity contribution in [1.82, 2.24) is 9.55 Å². The van der Waals surface area contributed by atoms with Gasteiger partial charge in [-0.3, -0.25) is 4.98 Å². The third-order valence-electron chi connectivity index (χ3n) is 1.91. The van der Waals surface area contributed by atoms with Crippen LogP contribution in [0.15, 0.2) is 30.7 Å². The quantitative estimate of drug-likeness (QED) is 0.653. The molecule has 0 N–H and O–H groups in total. The lowest BCUT2D eigenvalue weighted by Gasteiger charge is -1.97. The summed E-state index contributed by atoms with van der Waals surface area (Å²) in [5.74, 6) is 0. The minimum atomic E-state index is 1.02. The minimum Gasteiger partial charge on any atom is -0.348 e. The molecule has 0 fully saturated rings. The molecular weight excluding hydrogens is 160 g/mol. The average Bonchev–Trinajstić information content (AvgIpc) is 2.64. The summed E-state index contributed by atoms with van der Waals surface area (Å²) in [6.07, 6.45) is 5.81. The molecule has 0 bridgehead atoms. The molecule has 0 saturated heterocycles. The molecular formula is C11H16N2. The summed E-state index contributed by atoms with van der Waals surface area (Å²) in [7, 11) is 0. The first kappa shape index (κ1) is 9.78. The molecule has 0 unspecified atom stereocenters. The van der Waals surface area contributed by atoms with E-state index in [0.29, 0.717) is 0 Å². The fraction of sp³-hybridized carbons (Fsp3) is 0.364. The summed E-state index contributed by atoms with van der Waals surface area (Å²) in [6, 6.07) is 4.13. The zero-order chi connectivity index (χ0) is 9.68. The Morgan fingerprint density at radius 1 is 1.31 bits per heavy atom. The van der Waals surface area contributed by atoms with E-state index < -0.39 is 0 Å². The van der Waals surface area contributed by atoms with Crippen molar-refractivity contribution in [2.24, 2.45) is 0 Å². The van der Waals surface area contributed by atoms with Crippen LogP contribution in [0.2, 0.25) is 0 Å². The first-order valence-electron chi connectivity index (χ1n) is 4.80. The summed E-state index contributed by atoms with van der Waals surface area (Å²) in [5, 5.41) is 1.22.